The van der Waals surface area contributed by atoms with Crippen molar-refractivity contribution in [2.24, 2.45) is 0 Å². The molecule has 3 rings (SSSR count). The summed E-state index contributed by atoms with van der Waals surface area (Å²) in [4.78, 5) is 30.4. The average Bonchev–Trinajstić information content (AvgIpc) is 3.17. The summed E-state index contributed by atoms with van der Waals surface area (Å²) in [7, 11) is 1.41. The normalized spacial score (nSPS) is 11.2. The Balaban J connectivity index is 1.60. The van der Waals surface area contributed by atoms with Crippen molar-refractivity contribution in [1.29, 1.82) is 0 Å². The third kappa shape index (κ3) is 6.69. The molecule has 2 aromatic carbocycles. The van der Waals surface area contributed by atoms with Crippen LogP contribution in [0.3, 0.4) is 0 Å². The van der Waals surface area contributed by atoms with E-state index in [0.29, 0.717) is 11.3 Å². The SMILES string of the molecule is Cc1nc(COc2cccc(C(=O)N(C)CC(=O)Nc3ccc(Cl)c(C(F)(F)F)c3)c2)cs1. The number of alkyl halides is 3. The molecule has 0 atom stereocenters. The zero-order chi connectivity index (χ0) is 24.2. The number of rotatable bonds is 7. The first-order valence-corrected chi connectivity index (χ1v) is 10.8. The van der Waals surface area contributed by atoms with Gasteiger partial charge in [-0.25, -0.2) is 4.98 Å². The number of carbonyl (C=O) groups excluding carboxylic acids is 2. The number of carbonyl (C=O) groups is 2. The summed E-state index contributed by atoms with van der Waals surface area (Å²) in [6, 6.07) is 9.51. The fourth-order valence-corrected chi connectivity index (χ4v) is 3.70. The van der Waals surface area contributed by atoms with Gasteiger partial charge in [0, 0.05) is 23.7 Å². The van der Waals surface area contributed by atoms with Crippen molar-refractivity contribution in [3.05, 3.63) is 74.7 Å². The molecule has 1 aromatic heterocycles. The van der Waals surface area contributed by atoms with Crippen molar-refractivity contribution in [3.63, 3.8) is 0 Å². The first kappa shape index (κ1) is 24.5. The van der Waals surface area contributed by atoms with Crippen LogP contribution in [0.25, 0.3) is 0 Å². The summed E-state index contributed by atoms with van der Waals surface area (Å²) in [6.45, 7) is 1.77. The lowest BCUT2D eigenvalue weighted by Gasteiger charge is -2.18. The number of ether oxygens (including phenoxy) is 1. The van der Waals surface area contributed by atoms with E-state index in [0.717, 1.165) is 27.7 Å². The Labute approximate surface area is 197 Å². The van der Waals surface area contributed by atoms with E-state index in [2.05, 4.69) is 10.3 Å². The number of benzene rings is 2. The summed E-state index contributed by atoms with van der Waals surface area (Å²) < 4.78 is 44.7. The minimum absolute atomic E-state index is 0.0785. The van der Waals surface area contributed by atoms with Crippen LogP contribution in [0, 0.1) is 6.92 Å². The molecule has 0 saturated carbocycles. The van der Waals surface area contributed by atoms with Crippen LogP contribution in [0.15, 0.2) is 47.8 Å². The Bertz CT molecular complexity index is 1170. The van der Waals surface area contributed by atoms with Crippen LogP contribution in [0.1, 0.15) is 26.6 Å². The number of hydrogen-bond acceptors (Lipinski definition) is 5. The highest BCUT2D eigenvalue weighted by Gasteiger charge is 2.33. The Hall–Kier alpha value is -3.11. The summed E-state index contributed by atoms with van der Waals surface area (Å²) in [5.74, 6) is -0.648. The Kier molecular flexibility index (Phi) is 7.60. The molecule has 11 heteroatoms. The standard InChI is InChI=1S/C22H19ClF3N3O3S/c1-13-27-16(12-33-13)11-32-17-5-3-4-14(8-17)21(31)29(2)10-20(30)28-15-6-7-19(23)18(9-15)22(24,25)26/h3-9,12H,10-11H2,1-2H3,(H,28,30). The molecule has 0 unspecified atom stereocenters. The van der Waals surface area contributed by atoms with Crippen molar-refractivity contribution in [2.75, 3.05) is 18.9 Å². The van der Waals surface area contributed by atoms with Gasteiger partial charge in [0.2, 0.25) is 5.91 Å². The molecule has 0 bridgehead atoms. The Morgan fingerprint density at radius 3 is 2.64 bits per heavy atom. The van der Waals surface area contributed by atoms with Gasteiger partial charge < -0.3 is 15.0 Å². The van der Waals surface area contributed by atoms with Gasteiger partial charge in [-0.15, -0.1) is 11.3 Å². The molecule has 1 N–H and O–H groups in total. The van der Waals surface area contributed by atoms with Crippen LogP contribution >= 0.6 is 22.9 Å². The maximum Gasteiger partial charge on any atom is 0.417 e. The Morgan fingerprint density at radius 2 is 1.97 bits per heavy atom. The number of amides is 2. The van der Waals surface area contributed by atoms with Gasteiger partial charge in [-0.2, -0.15) is 13.2 Å². The zero-order valence-corrected chi connectivity index (χ0v) is 19.1. The van der Waals surface area contributed by atoms with Gasteiger partial charge in [-0.1, -0.05) is 17.7 Å². The van der Waals surface area contributed by atoms with Crippen molar-refractivity contribution >= 4 is 40.4 Å². The van der Waals surface area contributed by atoms with E-state index in [1.54, 1.807) is 24.3 Å². The molecular formula is C22H19ClF3N3O3S. The van der Waals surface area contributed by atoms with E-state index >= 15 is 0 Å². The van der Waals surface area contributed by atoms with Crippen LogP contribution in [0.5, 0.6) is 5.75 Å². The molecule has 3 aromatic rings. The molecule has 1 heterocycles. The summed E-state index contributed by atoms with van der Waals surface area (Å²) >= 11 is 7.09. The Morgan fingerprint density at radius 1 is 1.21 bits per heavy atom. The number of anilines is 1. The second-order valence-corrected chi connectivity index (χ2v) is 8.55. The van der Waals surface area contributed by atoms with E-state index in [4.69, 9.17) is 16.3 Å². The molecule has 6 nitrogen and oxygen atoms in total. The number of thiazole rings is 1. The minimum atomic E-state index is -4.66. The molecule has 33 heavy (non-hydrogen) atoms. The van der Waals surface area contributed by atoms with Crippen LogP contribution in [-0.4, -0.2) is 35.3 Å². The number of hydrogen-bond donors (Lipinski definition) is 1. The maximum atomic E-state index is 13.0. The van der Waals surface area contributed by atoms with Crippen LogP contribution < -0.4 is 10.1 Å². The fourth-order valence-electron chi connectivity index (χ4n) is 2.88. The zero-order valence-electron chi connectivity index (χ0n) is 17.6. The number of likely N-dealkylation sites (N-methyl/N-ethyl adjacent to an activating group) is 1. The largest absolute Gasteiger partial charge is 0.487 e. The fraction of sp³-hybridized carbons (Fsp3) is 0.227. The lowest BCUT2D eigenvalue weighted by atomic mass is 10.2. The van der Waals surface area contributed by atoms with E-state index < -0.39 is 28.6 Å². The number of nitrogens with zero attached hydrogens (tertiary/aromatic N) is 2. The topological polar surface area (TPSA) is 71.5 Å². The van der Waals surface area contributed by atoms with Crippen molar-refractivity contribution < 1.29 is 27.5 Å². The van der Waals surface area contributed by atoms with Crippen LogP contribution in [0.4, 0.5) is 18.9 Å². The highest BCUT2D eigenvalue weighted by Crippen LogP contribution is 2.36. The van der Waals surface area contributed by atoms with Gasteiger partial charge in [0.25, 0.3) is 5.91 Å². The van der Waals surface area contributed by atoms with Gasteiger partial charge in [0.15, 0.2) is 0 Å². The van der Waals surface area contributed by atoms with E-state index in [9.17, 15) is 22.8 Å². The van der Waals surface area contributed by atoms with Gasteiger partial charge in [0.1, 0.15) is 12.4 Å². The molecule has 0 spiro atoms. The molecule has 0 aliphatic rings. The molecule has 0 aliphatic heterocycles. The molecule has 0 radical (unpaired) electrons. The molecule has 0 saturated heterocycles. The number of aromatic nitrogens is 1. The molecule has 174 valence electrons. The number of aryl methyl sites for hydroxylation is 1. The van der Waals surface area contributed by atoms with Crippen LogP contribution in [-0.2, 0) is 17.6 Å². The van der Waals surface area contributed by atoms with E-state index in [-0.39, 0.29) is 18.8 Å². The molecule has 0 aliphatic carbocycles. The first-order chi connectivity index (χ1) is 15.5. The minimum Gasteiger partial charge on any atom is -0.487 e. The quantitative estimate of drug-likeness (QED) is 0.473. The second kappa shape index (κ2) is 10.2. The van der Waals surface area contributed by atoms with Crippen molar-refractivity contribution in [1.82, 2.24) is 9.88 Å². The summed E-state index contributed by atoms with van der Waals surface area (Å²) in [5.41, 5.74) is -0.0664. The van der Waals surface area contributed by atoms with Gasteiger partial charge in [-0.3, -0.25) is 9.59 Å². The van der Waals surface area contributed by atoms with E-state index in [1.165, 1.54) is 24.5 Å². The highest BCUT2D eigenvalue weighted by atomic mass is 35.5. The van der Waals surface area contributed by atoms with Gasteiger partial charge in [-0.05, 0) is 43.3 Å². The van der Waals surface area contributed by atoms with E-state index in [1.807, 2.05) is 12.3 Å². The lowest BCUT2D eigenvalue weighted by molar-refractivity contribution is -0.137. The molecule has 0 fully saturated rings. The summed E-state index contributed by atoms with van der Waals surface area (Å²) in [5, 5.41) is 4.68. The highest BCUT2D eigenvalue weighted by molar-refractivity contribution is 7.09. The van der Waals surface area contributed by atoms with Gasteiger partial charge in [0.05, 0.1) is 27.8 Å². The van der Waals surface area contributed by atoms with Crippen molar-refractivity contribution in [2.45, 2.75) is 19.7 Å². The average molecular weight is 498 g/mol. The lowest BCUT2D eigenvalue weighted by Crippen LogP contribution is -2.35. The number of nitrogens with one attached hydrogen (secondary N) is 1. The molecular weight excluding hydrogens is 479 g/mol. The number of halogens is 4. The first-order valence-electron chi connectivity index (χ1n) is 9.59. The third-order valence-electron chi connectivity index (χ3n) is 4.42. The smallest absolute Gasteiger partial charge is 0.417 e. The molecule has 2 amide bonds. The maximum absolute atomic E-state index is 13.0. The monoisotopic (exact) mass is 497 g/mol. The predicted octanol–water partition coefficient (Wildman–Crippen LogP) is 5.41. The third-order valence-corrected chi connectivity index (χ3v) is 5.57. The van der Waals surface area contributed by atoms with Crippen molar-refractivity contribution in [3.8, 4) is 5.75 Å². The second-order valence-electron chi connectivity index (χ2n) is 7.08. The van der Waals surface area contributed by atoms with Crippen LogP contribution in [0.2, 0.25) is 5.02 Å². The summed E-state index contributed by atoms with van der Waals surface area (Å²) in [6.07, 6.45) is -4.66. The van der Waals surface area contributed by atoms with Gasteiger partial charge >= 0.3 is 6.18 Å². The predicted molar refractivity (Wildman–Crippen MR) is 120 cm³/mol.